The van der Waals surface area contributed by atoms with E-state index in [9.17, 15) is 4.79 Å². The largest absolute Gasteiger partial charge is 0.497 e. The highest BCUT2D eigenvalue weighted by Crippen LogP contribution is 2.54. The molecule has 2 aliphatic rings. The van der Waals surface area contributed by atoms with Gasteiger partial charge in [0.25, 0.3) is 5.56 Å². The van der Waals surface area contributed by atoms with Crippen molar-refractivity contribution in [3.63, 3.8) is 0 Å². The smallest absolute Gasteiger partial charge is 0.282 e. The molecule has 0 bridgehead atoms. The van der Waals surface area contributed by atoms with Gasteiger partial charge in [-0.25, -0.2) is 0 Å². The molecule has 1 N–H and O–H groups in total. The van der Waals surface area contributed by atoms with Crippen molar-refractivity contribution in [1.29, 1.82) is 0 Å². The van der Waals surface area contributed by atoms with Crippen molar-refractivity contribution in [3.05, 3.63) is 70.6 Å². The van der Waals surface area contributed by atoms with E-state index in [-0.39, 0.29) is 5.56 Å². The number of nitrogens with zero attached hydrogens (tertiary/aromatic N) is 3. The number of hydrogen-bond acceptors (Lipinski definition) is 4. The van der Waals surface area contributed by atoms with E-state index in [0.29, 0.717) is 11.0 Å². The summed E-state index contributed by atoms with van der Waals surface area (Å²) in [7, 11) is 1.64. The van der Waals surface area contributed by atoms with Crippen molar-refractivity contribution in [3.8, 4) is 28.1 Å². The minimum Gasteiger partial charge on any atom is -0.497 e. The molecule has 6 heteroatoms. The minimum absolute atomic E-state index is 0.106. The number of H-pyrrole nitrogens is 1. The van der Waals surface area contributed by atoms with E-state index < -0.39 is 0 Å². The minimum atomic E-state index is -0.106. The van der Waals surface area contributed by atoms with E-state index in [0.717, 1.165) is 52.7 Å². The Morgan fingerprint density at radius 3 is 2.41 bits per heavy atom. The standard InChI is InChI=1S/C26H26N4O2/c1-17-21(18-8-10-20(32-2)11-9-18)25(31)30-24(27-17)23(29-15-14-26(16-29)12-13-26)22(28-30)19-6-4-3-5-7-19/h3-11,27H,12-16H2,1-2H3. The van der Waals surface area contributed by atoms with Gasteiger partial charge < -0.3 is 14.6 Å². The maximum Gasteiger partial charge on any atom is 0.282 e. The number of benzene rings is 2. The Hall–Kier alpha value is -3.54. The second-order valence-electron chi connectivity index (χ2n) is 9.15. The summed E-state index contributed by atoms with van der Waals surface area (Å²) >= 11 is 0. The average molecular weight is 427 g/mol. The lowest BCUT2D eigenvalue weighted by atomic mass is 10.1. The number of nitrogens with one attached hydrogen (secondary N) is 1. The molecule has 2 fully saturated rings. The van der Waals surface area contributed by atoms with Crippen LogP contribution in [0.4, 0.5) is 5.69 Å². The van der Waals surface area contributed by atoms with Gasteiger partial charge in [-0.1, -0.05) is 42.5 Å². The SMILES string of the molecule is COc1ccc(-c2c(C)[nH]c3c(N4CCC5(CC5)C4)c(-c4ccccc4)nn3c2=O)cc1. The molecule has 1 aliphatic carbocycles. The predicted octanol–water partition coefficient (Wildman–Crippen LogP) is 4.66. The first-order valence-electron chi connectivity index (χ1n) is 11.2. The molecule has 0 amide bonds. The van der Waals surface area contributed by atoms with Crippen LogP contribution in [-0.4, -0.2) is 34.8 Å². The molecule has 1 saturated heterocycles. The first kappa shape index (κ1) is 19.2. The molecule has 2 aromatic carbocycles. The van der Waals surface area contributed by atoms with Crippen molar-refractivity contribution in [2.45, 2.75) is 26.2 Å². The van der Waals surface area contributed by atoms with Crippen molar-refractivity contribution in [1.82, 2.24) is 14.6 Å². The fraction of sp³-hybridized carbons (Fsp3) is 0.308. The maximum absolute atomic E-state index is 13.7. The van der Waals surface area contributed by atoms with Crippen LogP contribution >= 0.6 is 0 Å². The second-order valence-corrected chi connectivity index (χ2v) is 9.15. The monoisotopic (exact) mass is 426 g/mol. The summed E-state index contributed by atoms with van der Waals surface area (Å²) in [5, 5.41) is 4.86. The fourth-order valence-corrected chi connectivity index (χ4v) is 5.07. The van der Waals surface area contributed by atoms with Crippen LogP contribution in [0.15, 0.2) is 59.4 Å². The van der Waals surface area contributed by atoms with Gasteiger partial charge >= 0.3 is 0 Å². The number of hydrogen-bond donors (Lipinski definition) is 1. The van der Waals surface area contributed by atoms with Crippen LogP contribution in [0.3, 0.4) is 0 Å². The first-order chi connectivity index (χ1) is 15.6. The third-order valence-electron chi connectivity index (χ3n) is 7.09. The Morgan fingerprint density at radius 2 is 1.75 bits per heavy atom. The molecular weight excluding hydrogens is 400 g/mol. The lowest BCUT2D eigenvalue weighted by molar-refractivity contribution is 0.415. The van der Waals surface area contributed by atoms with Gasteiger partial charge in [0.05, 0.1) is 12.7 Å². The quantitative estimate of drug-likeness (QED) is 0.515. The van der Waals surface area contributed by atoms with Crippen LogP contribution in [0.5, 0.6) is 5.75 Å². The van der Waals surface area contributed by atoms with Crippen LogP contribution in [0.2, 0.25) is 0 Å². The number of rotatable bonds is 4. The highest BCUT2D eigenvalue weighted by atomic mass is 16.5. The number of aromatic amines is 1. The highest BCUT2D eigenvalue weighted by Gasteiger charge is 2.48. The summed E-state index contributed by atoms with van der Waals surface area (Å²) in [6.07, 6.45) is 3.83. The van der Waals surface area contributed by atoms with Gasteiger partial charge in [-0.3, -0.25) is 4.79 Å². The molecule has 0 atom stereocenters. The van der Waals surface area contributed by atoms with Gasteiger partial charge in [-0.15, -0.1) is 0 Å². The van der Waals surface area contributed by atoms with Gasteiger partial charge in [-0.05, 0) is 49.3 Å². The van der Waals surface area contributed by atoms with Crippen molar-refractivity contribution < 1.29 is 4.74 Å². The van der Waals surface area contributed by atoms with Crippen LogP contribution in [0.1, 0.15) is 25.0 Å². The number of fused-ring (bicyclic) bond motifs is 1. The molecule has 0 radical (unpaired) electrons. The molecular formula is C26H26N4O2. The summed E-state index contributed by atoms with van der Waals surface area (Å²) in [5.41, 5.74) is 6.40. The number of aryl methyl sites for hydroxylation is 1. The van der Waals surface area contributed by atoms with Gasteiger partial charge in [-0.2, -0.15) is 9.61 Å². The van der Waals surface area contributed by atoms with Gasteiger partial charge in [0.1, 0.15) is 17.1 Å². The van der Waals surface area contributed by atoms with E-state index in [1.807, 2.05) is 49.4 Å². The van der Waals surface area contributed by atoms with Crippen molar-refractivity contribution >= 4 is 11.3 Å². The molecule has 1 aliphatic heterocycles. The fourth-order valence-electron chi connectivity index (χ4n) is 5.07. The molecule has 32 heavy (non-hydrogen) atoms. The van der Waals surface area contributed by atoms with Crippen LogP contribution < -0.4 is 15.2 Å². The van der Waals surface area contributed by atoms with Crippen LogP contribution in [0.25, 0.3) is 28.0 Å². The molecule has 0 unspecified atom stereocenters. The summed E-state index contributed by atoms with van der Waals surface area (Å²) in [6.45, 7) is 4.00. The zero-order valence-corrected chi connectivity index (χ0v) is 18.4. The molecule has 3 heterocycles. The van der Waals surface area contributed by atoms with Crippen molar-refractivity contribution in [2.75, 3.05) is 25.1 Å². The Morgan fingerprint density at radius 1 is 1.00 bits per heavy atom. The summed E-state index contributed by atoms with van der Waals surface area (Å²) in [6, 6.07) is 17.8. The highest BCUT2D eigenvalue weighted by molar-refractivity contribution is 5.87. The first-order valence-corrected chi connectivity index (χ1v) is 11.2. The summed E-state index contributed by atoms with van der Waals surface area (Å²) < 4.78 is 6.83. The number of anilines is 1. The second kappa shape index (κ2) is 6.99. The third kappa shape index (κ3) is 2.93. The van der Waals surface area contributed by atoms with Gasteiger partial charge in [0.15, 0.2) is 5.65 Å². The molecule has 4 aromatic rings. The van der Waals surface area contributed by atoms with E-state index in [4.69, 9.17) is 9.84 Å². The Bertz CT molecular complexity index is 1370. The van der Waals surface area contributed by atoms with E-state index in [1.54, 1.807) is 11.6 Å². The molecule has 162 valence electrons. The topological polar surface area (TPSA) is 62.6 Å². The number of ether oxygens (including phenoxy) is 1. The molecule has 2 aromatic heterocycles. The van der Waals surface area contributed by atoms with Gasteiger partial charge in [0, 0.05) is 24.3 Å². The average Bonchev–Trinajstić information content (AvgIpc) is 3.28. The molecule has 6 rings (SSSR count). The zero-order valence-electron chi connectivity index (χ0n) is 18.4. The van der Waals surface area contributed by atoms with Crippen molar-refractivity contribution in [2.24, 2.45) is 5.41 Å². The lowest BCUT2D eigenvalue weighted by Crippen LogP contribution is -2.22. The molecule has 6 nitrogen and oxygen atoms in total. The Balaban J connectivity index is 1.57. The number of methoxy groups -OCH3 is 1. The van der Waals surface area contributed by atoms with E-state index in [1.165, 1.54) is 19.3 Å². The lowest BCUT2D eigenvalue weighted by Gasteiger charge is -2.19. The van der Waals surface area contributed by atoms with Gasteiger partial charge in [0.2, 0.25) is 0 Å². The summed E-state index contributed by atoms with van der Waals surface area (Å²) in [4.78, 5) is 19.7. The predicted molar refractivity (Wildman–Crippen MR) is 126 cm³/mol. The third-order valence-corrected chi connectivity index (χ3v) is 7.09. The zero-order chi connectivity index (χ0) is 21.9. The van der Waals surface area contributed by atoms with Crippen LogP contribution in [-0.2, 0) is 0 Å². The maximum atomic E-state index is 13.7. The Labute approximate surface area is 186 Å². The summed E-state index contributed by atoms with van der Waals surface area (Å²) in [5.74, 6) is 0.764. The normalized spacial score (nSPS) is 16.8. The van der Waals surface area contributed by atoms with E-state index in [2.05, 4.69) is 22.0 Å². The van der Waals surface area contributed by atoms with E-state index >= 15 is 0 Å². The molecule has 1 spiro atoms. The van der Waals surface area contributed by atoms with Crippen LogP contribution in [0, 0.1) is 12.3 Å². The molecule has 1 saturated carbocycles. The Kier molecular flexibility index (Phi) is 4.18. The number of aromatic nitrogens is 3.